The zero-order valence-electron chi connectivity index (χ0n) is 17.3. The van der Waals surface area contributed by atoms with Gasteiger partial charge in [0, 0.05) is 16.6 Å². The Morgan fingerprint density at radius 2 is 1.77 bits per heavy atom. The summed E-state index contributed by atoms with van der Waals surface area (Å²) in [5.74, 6) is -1.97. The van der Waals surface area contributed by atoms with E-state index in [0.29, 0.717) is 22.9 Å². The molecule has 3 fully saturated rings. The Bertz CT molecular complexity index is 1180. The van der Waals surface area contributed by atoms with E-state index in [1.807, 2.05) is 32.0 Å². The molecule has 0 radical (unpaired) electrons. The number of benzene rings is 2. The first-order chi connectivity index (χ1) is 14.9. The monoisotopic (exact) mass is 435 g/mol. The van der Waals surface area contributed by atoms with E-state index in [0.717, 1.165) is 29.5 Å². The average Bonchev–Trinajstić information content (AvgIpc) is 3.45. The molecule has 0 unspecified atom stereocenters. The zero-order valence-corrected chi connectivity index (χ0v) is 18.1. The summed E-state index contributed by atoms with van der Waals surface area (Å²) in [6.07, 6.45) is 1.70. The van der Waals surface area contributed by atoms with E-state index in [-0.39, 0.29) is 23.8 Å². The number of imide groups is 1. The summed E-state index contributed by atoms with van der Waals surface area (Å²) in [7, 11) is 0. The van der Waals surface area contributed by atoms with Crippen molar-refractivity contribution in [1.29, 1.82) is 0 Å². The van der Waals surface area contributed by atoms with Crippen LogP contribution in [0.15, 0.2) is 36.4 Å². The van der Waals surface area contributed by atoms with Gasteiger partial charge < -0.3 is 5.32 Å². The van der Waals surface area contributed by atoms with Crippen molar-refractivity contribution >= 4 is 40.7 Å². The first kappa shape index (κ1) is 19.0. The molecule has 31 heavy (non-hydrogen) atoms. The van der Waals surface area contributed by atoms with E-state index in [2.05, 4.69) is 10.2 Å². The summed E-state index contributed by atoms with van der Waals surface area (Å²) < 4.78 is 0. The lowest BCUT2D eigenvalue weighted by atomic mass is 9.75. The van der Waals surface area contributed by atoms with Crippen LogP contribution in [0.25, 0.3) is 0 Å². The van der Waals surface area contributed by atoms with Crippen LogP contribution in [-0.2, 0) is 19.9 Å². The molecule has 0 aliphatic carbocycles. The highest BCUT2D eigenvalue weighted by atomic mass is 35.5. The Balaban J connectivity index is 1.56. The molecule has 3 amide bonds. The minimum absolute atomic E-state index is 0.121. The maximum Gasteiger partial charge on any atom is 0.250 e. The van der Waals surface area contributed by atoms with E-state index < -0.39 is 17.4 Å². The summed E-state index contributed by atoms with van der Waals surface area (Å²) in [6.45, 7) is 4.52. The Kier molecular flexibility index (Phi) is 3.79. The number of hydrogen-bond acceptors (Lipinski definition) is 4. The molecule has 2 aromatic carbocycles. The molecule has 1 N–H and O–H groups in total. The van der Waals surface area contributed by atoms with Crippen molar-refractivity contribution in [2.45, 2.75) is 38.3 Å². The molecule has 158 valence electrons. The normalized spacial score (nSPS) is 31.4. The third-order valence-electron chi connectivity index (χ3n) is 7.65. The SMILES string of the molecule is Cc1ccc(N2C(=O)[C@H]3[C@@H](C2=O)[C@]2(C(=O)Nc4c2ccc(Cl)c4C)N2CCC[C@@H]32)cc1. The van der Waals surface area contributed by atoms with Crippen LogP contribution in [0, 0.1) is 25.7 Å². The first-order valence-corrected chi connectivity index (χ1v) is 11.1. The van der Waals surface area contributed by atoms with Crippen LogP contribution < -0.4 is 10.2 Å². The van der Waals surface area contributed by atoms with Gasteiger partial charge in [-0.2, -0.15) is 0 Å². The van der Waals surface area contributed by atoms with Crippen LogP contribution >= 0.6 is 11.6 Å². The molecule has 0 bridgehead atoms. The lowest BCUT2D eigenvalue weighted by Gasteiger charge is -2.36. The summed E-state index contributed by atoms with van der Waals surface area (Å²) in [4.78, 5) is 44.6. The van der Waals surface area contributed by atoms with Crippen LogP contribution in [0.4, 0.5) is 11.4 Å². The Labute approximate surface area is 185 Å². The molecule has 7 heteroatoms. The highest BCUT2D eigenvalue weighted by Crippen LogP contribution is 2.61. The standard InChI is InChI=1S/C24H22ClN3O3/c1-12-5-7-14(8-6-12)28-21(29)18-17-4-3-11-27(17)24(19(18)22(28)30)15-9-10-16(25)13(2)20(15)26-23(24)31/h5-10,17-19H,3-4,11H2,1-2H3,(H,26,31)/t17-,18+,19-,24+/m0/s1. The van der Waals surface area contributed by atoms with Gasteiger partial charge in [-0.15, -0.1) is 0 Å². The fourth-order valence-electron chi connectivity index (χ4n) is 6.34. The predicted molar refractivity (Wildman–Crippen MR) is 117 cm³/mol. The van der Waals surface area contributed by atoms with Crippen molar-refractivity contribution in [3.05, 3.63) is 58.1 Å². The van der Waals surface area contributed by atoms with Gasteiger partial charge in [0.2, 0.25) is 17.7 Å². The van der Waals surface area contributed by atoms with Crippen LogP contribution in [0.3, 0.4) is 0 Å². The third kappa shape index (κ3) is 2.14. The van der Waals surface area contributed by atoms with E-state index in [4.69, 9.17) is 11.6 Å². The van der Waals surface area contributed by atoms with Crippen LogP contribution in [0.1, 0.15) is 29.5 Å². The molecule has 0 saturated carbocycles. The van der Waals surface area contributed by atoms with Gasteiger partial charge >= 0.3 is 0 Å². The molecule has 4 aliphatic heterocycles. The van der Waals surface area contributed by atoms with E-state index in [1.165, 1.54) is 4.90 Å². The fourth-order valence-corrected chi connectivity index (χ4v) is 6.50. The second kappa shape index (κ2) is 6.17. The lowest BCUT2D eigenvalue weighted by molar-refractivity contribution is -0.135. The number of fused-ring (bicyclic) bond motifs is 7. The molecule has 1 spiro atoms. The number of halogens is 1. The van der Waals surface area contributed by atoms with E-state index >= 15 is 0 Å². The third-order valence-corrected chi connectivity index (χ3v) is 8.06. The van der Waals surface area contributed by atoms with Crippen molar-refractivity contribution in [1.82, 2.24) is 4.90 Å². The molecule has 0 aromatic heterocycles. The number of aryl methyl sites for hydroxylation is 1. The van der Waals surface area contributed by atoms with Gasteiger partial charge in [0.25, 0.3) is 0 Å². The van der Waals surface area contributed by atoms with Gasteiger partial charge in [-0.1, -0.05) is 35.4 Å². The average molecular weight is 436 g/mol. The van der Waals surface area contributed by atoms with Crippen molar-refractivity contribution in [2.24, 2.45) is 11.8 Å². The van der Waals surface area contributed by atoms with E-state index in [1.54, 1.807) is 18.2 Å². The lowest BCUT2D eigenvalue weighted by Crippen LogP contribution is -2.54. The number of nitrogens with one attached hydrogen (secondary N) is 1. The molecule has 6 nitrogen and oxygen atoms in total. The van der Waals surface area contributed by atoms with Crippen molar-refractivity contribution in [2.75, 3.05) is 16.8 Å². The highest BCUT2D eigenvalue weighted by molar-refractivity contribution is 6.32. The second-order valence-corrected chi connectivity index (χ2v) is 9.48. The highest BCUT2D eigenvalue weighted by Gasteiger charge is 2.74. The van der Waals surface area contributed by atoms with Gasteiger partial charge in [-0.05, 0) is 57.0 Å². The zero-order chi connectivity index (χ0) is 21.7. The summed E-state index contributed by atoms with van der Waals surface area (Å²) in [5.41, 5.74) is 2.70. The van der Waals surface area contributed by atoms with Gasteiger partial charge in [-0.3, -0.25) is 19.3 Å². The van der Waals surface area contributed by atoms with Crippen LogP contribution in [-0.4, -0.2) is 35.2 Å². The molecule has 4 aliphatic rings. The van der Waals surface area contributed by atoms with Crippen LogP contribution in [0.5, 0.6) is 0 Å². The molecule has 4 atom stereocenters. The number of nitrogens with zero attached hydrogens (tertiary/aromatic N) is 2. The van der Waals surface area contributed by atoms with Gasteiger partial charge in [0.05, 0.1) is 23.2 Å². The number of hydrogen-bond donors (Lipinski definition) is 1. The molecule has 3 saturated heterocycles. The molecular weight excluding hydrogens is 414 g/mol. The van der Waals surface area contributed by atoms with Crippen molar-refractivity contribution in [3.63, 3.8) is 0 Å². The number of anilines is 2. The molecule has 6 rings (SSSR count). The smallest absolute Gasteiger partial charge is 0.250 e. The minimum atomic E-state index is -1.16. The summed E-state index contributed by atoms with van der Waals surface area (Å²) in [6, 6.07) is 10.9. The fraction of sp³-hybridized carbons (Fsp3) is 0.375. The second-order valence-electron chi connectivity index (χ2n) is 9.07. The predicted octanol–water partition coefficient (Wildman–Crippen LogP) is 3.39. The number of rotatable bonds is 1. The van der Waals surface area contributed by atoms with Crippen molar-refractivity contribution < 1.29 is 14.4 Å². The molecule has 4 heterocycles. The number of carbonyl (C=O) groups is 3. The maximum atomic E-state index is 13.9. The van der Waals surface area contributed by atoms with Crippen molar-refractivity contribution in [3.8, 4) is 0 Å². The summed E-state index contributed by atoms with van der Waals surface area (Å²) in [5, 5.41) is 3.58. The van der Waals surface area contributed by atoms with Gasteiger partial charge in [0.15, 0.2) is 0 Å². The molecular formula is C24H22ClN3O3. The topological polar surface area (TPSA) is 69.7 Å². The quantitative estimate of drug-likeness (QED) is 0.697. The Morgan fingerprint density at radius 1 is 1.03 bits per heavy atom. The van der Waals surface area contributed by atoms with Gasteiger partial charge in [0.1, 0.15) is 5.54 Å². The molecule has 2 aromatic rings. The van der Waals surface area contributed by atoms with Crippen LogP contribution in [0.2, 0.25) is 5.02 Å². The largest absolute Gasteiger partial charge is 0.324 e. The first-order valence-electron chi connectivity index (χ1n) is 10.7. The van der Waals surface area contributed by atoms with E-state index in [9.17, 15) is 14.4 Å². The summed E-state index contributed by atoms with van der Waals surface area (Å²) >= 11 is 6.33. The number of amides is 3. The minimum Gasteiger partial charge on any atom is -0.324 e. The van der Waals surface area contributed by atoms with Gasteiger partial charge in [-0.25, -0.2) is 4.90 Å². The maximum absolute atomic E-state index is 13.9. The Morgan fingerprint density at radius 3 is 2.52 bits per heavy atom. The Hall–Kier alpha value is -2.70. The number of carbonyl (C=O) groups excluding carboxylic acids is 3.